The third-order valence-corrected chi connectivity index (χ3v) is 3.70. The van der Waals surface area contributed by atoms with Crippen LogP contribution in [-0.4, -0.2) is 22.1 Å². The number of pyridine rings is 1. The molecule has 0 amide bonds. The van der Waals surface area contributed by atoms with E-state index in [1.54, 1.807) is 44.8 Å². The van der Waals surface area contributed by atoms with Gasteiger partial charge in [-0.3, -0.25) is 0 Å². The SMILES string of the molecule is COc1ncc(Cc2cnc(N)nc2)cc1-c1ccc(F)c(C)c1. The molecule has 0 radical (unpaired) electrons. The quantitative estimate of drug-likeness (QED) is 0.798. The number of benzene rings is 1. The van der Waals surface area contributed by atoms with Crippen LogP contribution < -0.4 is 10.5 Å². The highest BCUT2D eigenvalue weighted by atomic mass is 19.1. The second kappa shape index (κ2) is 6.62. The van der Waals surface area contributed by atoms with Gasteiger partial charge in [0.15, 0.2) is 0 Å². The van der Waals surface area contributed by atoms with E-state index >= 15 is 0 Å². The lowest BCUT2D eigenvalue weighted by molar-refractivity contribution is 0.399. The highest BCUT2D eigenvalue weighted by Crippen LogP contribution is 2.30. The highest BCUT2D eigenvalue weighted by molar-refractivity contribution is 5.70. The Labute approximate surface area is 139 Å². The zero-order valence-electron chi connectivity index (χ0n) is 13.5. The Bertz CT molecular complexity index is 865. The minimum Gasteiger partial charge on any atom is -0.481 e. The predicted molar refractivity (Wildman–Crippen MR) is 90.2 cm³/mol. The van der Waals surface area contributed by atoms with Crippen molar-refractivity contribution in [1.82, 2.24) is 15.0 Å². The molecular formula is C18H17FN4O. The summed E-state index contributed by atoms with van der Waals surface area (Å²) in [5.74, 6) is 0.508. The second-order valence-electron chi connectivity index (χ2n) is 5.49. The molecule has 0 atom stereocenters. The van der Waals surface area contributed by atoms with Gasteiger partial charge in [-0.05, 0) is 47.4 Å². The van der Waals surface area contributed by atoms with Gasteiger partial charge < -0.3 is 10.5 Å². The van der Waals surface area contributed by atoms with Crippen LogP contribution in [0.2, 0.25) is 0 Å². The minimum atomic E-state index is -0.235. The molecule has 0 saturated heterocycles. The summed E-state index contributed by atoms with van der Waals surface area (Å²) in [5.41, 5.74) is 9.65. The lowest BCUT2D eigenvalue weighted by atomic mass is 10.0. The van der Waals surface area contributed by atoms with E-state index in [-0.39, 0.29) is 11.8 Å². The number of hydrogen-bond acceptors (Lipinski definition) is 5. The number of nitrogens with zero attached hydrogens (tertiary/aromatic N) is 3. The van der Waals surface area contributed by atoms with Crippen LogP contribution in [0.15, 0.2) is 42.9 Å². The molecule has 0 aliphatic heterocycles. The van der Waals surface area contributed by atoms with Crippen molar-refractivity contribution in [2.75, 3.05) is 12.8 Å². The minimum absolute atomic E-state index is 0.235. The van der Waals surface area contributed by atoms with Gasteiger partial charge in [0.05, 0.1) is 7.11 Å². The van der Waals surface area contributed by atoms with E-state index in [1.165, 1.54) is 6.07 Å². The first-order valence-corrected chi connectivity index (χ1v) is 7.42. The number of nitrogen functional groups attached to an aromatic ring is 1. The number of anilines is 1. The molecule has 2 aromatic heterocycles. The topological polar surface area (TPSA) is 73.9 Å². The molecule has 0 saturated carbocycles. The number of rotatable bonds is 4. The summed E-state index contributed by atoms with van der Waals surface area (Å²) in [6.45, 7) is 1.73. The molecule has 6 heteroatoms. The lowest BCUT2D eigenvalue weighted by Crippen LogP contribution is -1.99. The van der Waals surface area contributed by atoms with Crippen LogP contribution in [0.25, 0.3) is 11.1 Å². The summed E-state index contributed by atoms with van der Waals surface area (Å²) in [5, 5.41) is 0. The Morgan fingerprint density at radius 1 is 1.04 bits per heavy atom. The van der Waals surface area contributed by atoms with Crippen LogP contribution in [0.5, 0.6) is 5.88 Å². The van der Waals surface area contributed by atoms with E-state index in [1.807, 2.05) is 6.07 Å². The monoisotopic (exact) mass is 324 g/mol. The van der Waals surface area contributed by atoms with Gasteiger partial charge in [-0.25, -0.2) is 19.3 Å². The molecule has 0 aliphatic carbocycles. The lowest BCUT2D eigenvalue weighted by Gasteiger charge is -2.11. The molecule has 3 rings (SSSR count). The molecular weight excluding hydrogens is 307 g/mol. The fourth-order valence-electron chi connectivity index (χ4n) is 2.47. The molecule has 0 aliphatic rings. The van der Waals surface area contributed by atoms with Crippen molar-refractivity contribution in [1.29, 1.82) is 0 Å². The number of aromatic nitrogens is 3. The van der Waals surface area contributed by atoms with Crippen LogP contribution in [0, 0.1) is 12.7 Å². The number of aryl methyl sites for hydroxylation is 1. The Balaban J connectivity index is 1.98. The Hall–Kier alpha value is -3.02. The summed E-state index contributed by atoms with van der Waals surface area (Å²) in [6, 6.07) is 6.93. The summed E-state index contributed by atoms with van der Waals surface area (Å²) in [7, 11) is 1.57. The maximum absolute atomic E-state index is 13.5. The molecule has 0 unspecified atom stereocenters. The molecule has 2 N–H and O–H groups in total. The van der Waals surface area contributed by atoms with Gasteiger partial charge in [-0.1, -0.05) is 6.07 Å². The third kappa shape index (κ3) is 3.32. The fourth-order valence-corrected chi connectivity index (χ4v) is 2.47. The molecule has 122 valence electrons. The van der Waals surface area contributed by atoms with Crippen LogP contribution in [-0.2, 0) is 6.42 Å². The van der Waals surface area contributed by atoms with Crippen molar-refractivity contribution < 1.29 is 9.13 Å². The standard InChI is InChI=1S/C18H17FN4O/c1-11-5-14(3-4-16(11)19)15-7-12(8-21-17(15)24-2)6-13-9-22-18(20)23-10-13/h3-5,7-10H,6H2,1-2H3,(H2,20,22,23). The molecule has 0 bridgehead atoms. The molecule has 1 aromatic carbocycles. The van der Waals surface area contributed by atoms with Gasteiger partial charge in [-0.15, -0.1) is 0 Å². The fraction of sp³-hybridized carbons (Fsp3) is 0.167. The van der Waals surface area contributed by atoms with Crippen molar-refractivity contribution in [3.8, 4) is 17.0 Å². The summed E-state index contributed by atoms with van der Waals surface area (Å²) in [4.78, 5) is 12.3. The first-order valence-electron chi connectivity index (χ1n) is 7.42. The number of hydrogen-bond donors (Lipinski definition) is 1. The van der Waals surface area contributed by atoms with Gasteiger partial charge >= 0.3 is 0 Å². The summed E-state index contributed by atoms with van der Waals surface area (Å²) < 4.78 is 18.9. The van der Waals surface area contributed by atoms with Crippen molar-refractivity contribution in [3.63, 3.8) is 0 Å². The maximum atomic E-state index is 13.5. The van der Waals surface area contributed by atoms with E-state index in [9.17, 15) is 4.39 Å². The molecule has 2 heterocycles. The third-order valence-electron chi connectivity index (χ3n) is 3.70. The first-order chi connectivity index (χ1) is 11.6. The largest absolute Gasteiger partial charge is 0.481 e. The van der Waals surface area contributed by atoms with Crippen molar-refractivity contribution in [2.24, 2.45) is 0 Å². The summed E-state index contributed by atoms with van der Waals surface area (Å²) in [6.07, 6.45) is 5.74. The zero-order chi connectivity index (χ0) is 17.1. The second-order valence-corrected chi connectivity index (χ2v) is 5.49. The molecule has 5 nitrogen and oxygen atoms in total. The van der Waals surface area contributed by atoms with Gasteiger partial charge in [0.25, 0.3) is 0 Å². The van der Waals surface area contributed by atoms with E-state index in [2.05, 4.69) is 15.0 Å². The van der Waals surface area contributed by atoms with Gasteiger partial charge in [0, 0.05) is 30.6 Å². The molecule has 0 fully saturated rings. The zero-order valence-corrected chi connectivity index (χ0v) is 13.5. The van der Waals surface area contributed by atoms with Gasteiger partial charge in [0.1, 0.15) is 5.82 Å². The molecule has 3 aromatic rings. The van der Waals surface area contributed by atoms with E-state index in [4.69, 9.17) is 10.5 Å². The number of methoxy groups -OCH3 is 1. The van der Waals surface area contributed by atoms with Crippen LogP contribution in [0.3, 0.4) is 0 Å². The van der Waals surface area contributed by atoms with Crippen molar-refractivity contribution >= 4 is 5.95 Å². The first kappa shape index (κ1) is 15.9. The van der Waals surface area contributed by atoms with E-state index in [0.717, 1.165) is 22.3 Å². The van der Waals surface area contributed by atoms with E-state index in [0.29, 0.717) is 17.9 Å². The normalized spacial score (nSPS) is 10.6. The number of halogens is 1. The van der Waals surface area contributed by atoms with Crippen LogP contribution >= 0.6 is 0 Å². The Kier molecular flexibility index (Phi) is 4.37. The number of nitrogens with two attached hydrogens (primary N) is 1. The molecule has 0 spiro atoms. The Morgan fingerprint density at radius 3 is 2.42 bits per heavy atom. The average molecular weight is 324 g/mol. The van der Waals surface area contributed by atoms with E-state index < -0.39 is 0 Å². The van der Waals surface area contributed by atoms with Crippen LogP contribution in [0.4, 0.5) is 10.3 Å². The highest BCUT2D eigenvalue weighted by Gasteiger charge is 2.11. The van der Waals surface area contributed by atoms with Gasteiger partial charge in [-0.2, -0.15) is 0 Å². The van der Waals surface area contributed by atoms with Crippen LogP contribution in [0.1, 0.15) is 16.7 Å². The summed E-state index contributed by atoms with van der Waals surface area (Å²) >= 11 is 0. The smallest absolute Gasteiger partial charge is 0.221 e. The Morgan fingerprint density at radius 2 is 1.75 bits per heavy atom. The van der Waals surface area contributed by atoms with Crippen molar-refractivity contribution in [3.05, 3.63) is 65.4 Å². The van der Waals surface area contributed by atoms with Crippen molar-refractivity contribution in [2.45, 2.75) is 13.3 Å². The predicted octanol–water partition coefficient (Wildman–Crippen LogP) is 3.17. The number of ether oxygens (including phenoxy) is 1. The average Bonchev–Trinajstić information content (AvgIpc) is 2.59. The van der Waals surface area contributed by atoms with Gasteiger partial charge in [0.2, 0.25) is 11.8 Å². The molecule has 24 heavy (non-hydrogen) atoms. The maximum Gasteiger partial charge on any atom is 0.221 e.